The second kappa shape index (κ2) is 7.75. The molecule has 0 unspecified atom stereocenters. The maximum absolute atomic E-state index is 15.0. The molecular formula is C21H23FN4O5S. The number of anilines is 1. The van der Waals surface area contributed by atoms with Crippen LogP contribution < -0.4 is 10.7 Å². The molecule has 0 saturated carbocycles. The van der Waals surface area contributed by atoms with Gasteiger partial charge in [-0.15, -0.1) is 5.10 Å². The molecule has 9 nitrogen and oxygen atoms in total. The molecule has 32 heavy (non-hydrogen) atoms. The van der Waals surface area contributed by atoms with E-state index in [1.165, 1.54) is 24.3 Å². The number of nitrogens with one attached hydrogen (secondary N) is 1. The summed E-state index contributed by atoms with van der Waals surface area (Å²) < 4.78 is 48.5. The number of sulfonamides is 1. The SMILES string of the molecule is Cc1ccc(F)c([C@@H](C)[C@@H](c2n[nH]c(=O)o2)N2CN(C)c3cc(O)ccc3S2(=O)=O)c1C. The van der Waals surface area contributed by atoms with E-state index in [9.17, 15) is 22.7 Å². The number of aryl methyl sites for hydroxylation is 1. The summed E-state index contributed by atoms with van der Waals surface area (Å²) in [7, 11) is -2.45. The van der Waals surface area contributed by atoms with Gasteiger partial charge in [0, 0.05) is 19.0 Å². The van der Waals surface area contributed by atoms with Gasteiger partial charge in [-0.1, -0.05) is 13.0 Å². The summed E-state index contributed by atoms with van der Waals surface area (Å²) >= 11 is 0. The number of rotatable bonds is 4. The Bertz CT molecular complexity index is 1350. The van der Waals surface area contributed by atoms with Crippen LogP contribution in [-0.2, 0) is 10.0 Å². The molecule has 0 spiro atoms. The molecule has 1 aromatic heterocycles. The third-order valence-electron chi connectivity index (χ3n) is 5.97. The van der Waals surface area contributed by atoms with Gasteiger partial charge in [-0.2, -0.15) is 4.31 Å². The Hall–Kier alpha value is -3.18. The molecule has 0 saturated heterocycles. The molecule has 0 fully saturated rings. The lowest BCUT2D eigenvalue weighted by atomic mass is 9.87. The number of H-pyrrole nitrogens is 1. The van der Waals surface area contributed by atoms with E-state index in [1.54, 1.807) is 31.9 Å². The second-order valence-corrected chi connectivity index (χ2v) is 9.83. The van der Waals surface area contributed by atoms with Gasteiger partial charge in [0.05, 0.1) is 12.4 Å². The number of hydrogen-bond donors (Lipinski definition) is 2. The summed E-state index contributed by atoms with van der Waals surface area (Å²) in [6.07, 6.45) is 0. The predicted octanol–water partition coefficient (Wildman–Crippen LogP) is 2.77. The number of phenols is 1. The maximum atomic E-state index is 15.0. The highest BCUT2D eigenvalue weighted by molar-refractivity contribution is 7.89. The van der Waals surface area contributed by atoms with E-state index < -0.39 is 33.6 Å². The van der Waals surface area contributed by atoms with Crippen LogP contribution in [0, 0.1) is 19.7 Å². The van der Waals surface area contributed by atoms with Crippen LogP contribution in [0.5, 0.6) is 5.75 Å². The molecular weight excluding hydrogens is 439 g/mol. The zero-order valence-electron chi connectivity index (χ0n) is 18.0. The van der Waals surface area contributed by atoms with Crippen molar-refractivity contribution < 1.29 is 22.3 Å². The number of aromatic amines is 1. The van der Waals surface area contributed by atoms with E-state index >= 15 is 0 Å². The molecule has 2 heterocycles. The number of phenolic OH excluding ortho intramolecular Hbond substituents is 1. The van der Waals surface area contributed by atoms with Gasteiger partial charge < -0.3 is 14.4 Å². The molecule has 3 aromatic rings. The predicted molar refractivity (Wildman–Crippen MR) is 115 cm³/mol. The summed E-state index contributed by atoms with van der Waals surface area (Å²) in [5.41, 5.74) is 2.16. The third-order valence-corrected chi connectivity index (χ3v) is 7.83. The summed E-state index contributed by atoms with van der Waals surface area (Å²) in [4.78, 5) is 13.3. The first kappa shape index (κ1) is 22.0. The largest absolute Gasteiger partial charge is 0.508 e. The standard InChI is InChI=1S/C21H23FN4O5S/c1-11-5-7-15(22)18(12(11)2)13(3)19(20-23-24-21(28)31-20)26-10-25(4)16-9-14(27)6-8-17(16)32(26,29)30/h5-9,13,19,27H,10H2,1-4H3,(H,24,28)/t13-,19+/m1/s1. The summed E-state index contributed by atoms with van der Waals surface area (Å²) in [6, 6.07) is 5.83. The Labute approximate surface area is 184 Å². The van der Waals surface area contributed by atoms with Crippen molar-refractivity contribution in [1.29, 1.82) is 0 Å². The van der Waals surface area contributed by atoms with Crippen molar-refractivity contribution in [2.24, 2.45) is 0 Å². The van der Waals surface area contributed by atoms with E-state index in [0.717, 1.165) is 9.87 Å². The maximum Gasteiger partial charge on any atom is 0.434 e. The Morgan fingerprint density at radius 1 is 1.25 bits per heavy atom. The zero-order valence-corrected chi connectivity index (χ0v) is 18.8. The molecule has 0 bridgehead atoms. The minimum atomic E-state index is -4.12. The molecule has 4 rings (SSSR count). The first-order valence-electron chi connectivity index (χ1n) is 9.89. The van der Waals surface area contributed by atoms with Crippen LogP contribution in [0.15, 0.2) is 44.4 Å². The second-order valence-electron chi connectivity index (χ2n) is 7.97. The van der Waals surface area contributed by atoms with Crippen molar-refractivity contribution in [3.05, 3.63) is 69.3 Å². The van der Waals surface area contributed by atoms with Gasteiger partial charge in [-0.25, -0.2) is 22.7 Å². The average Bonchev–Trinajstić information content (AvgIpc) is 3.15. The normalized spacial score (nSPS) is 17.7. The highest BCUT2D eigenvalue weighted by Gasteiger charge is 2.44. The monoisotopic (exact) mass is 462 g/mol. The molecule has 0 aliphatic carbocycles. The number of fused-ring (bicyclic) bond motifs is 1. The average molecular weight is 463 g/mol. The van der Waals surface area contributed by atoms with E-state index in [1.807, 2.05) is 6.92 Å². The lowest BCUT2D eigenvalue weighted by Gasteiger charge is -2.40. The number of aromatic nitrogens is 2. The molecule has 170 valence electrons. The fraction of sp³-hybridized carbons (Fsp3) is 0.333. The topological polar surface area (TPSA) is 120 Å². The fourth-order valence-electron chi connectivity index (χ4n) is 4.22. The van der Waals surface area contributed by atoms with E-state index in [0.29, 0.717) is 16.8 Å². The van der Waals surface area contributed by atoms with Gasteiger partial charge >= 0.3 is 5.76 Å². The van der Waals surface area contributed by atoms with Crippen molar-refractivity contribution >= 4 is 15.7 Å². The van der Waals surface area contributed by atoms with E-state index in [2.05, 4.69) is 10.2 Å². The lowest BCUT2D eigenvalue weighted by molar-refractivity contribution is 0.237. The minimum absolute atomic E-state index is 0.0273. The van der Waals surface area contributed by atoms with Crippen molar-refractivity contribution in [2.45, 2.75) is 37.6 Å². The van der Waals surface area contributed by atoms with Crippen LogP contribution in [0.25, 0.3) is 0 Å². The van der Waals surface area contributed by atoms with Gasteiger partial charge in [0.25, 0.3) is 0 Å². The number of hydrogen-bond acceptors (Lipinski definition) is 7. The third kappa shape index (κ3) is 3.47. The summed E-state index contributed by atoms with van der Waals surface area (Å²) in [5.74, 6) is -2.31. The molecule has 0 amide bonds. The smallest absolute Gasteiger partial charge is 0.434 e. The molecule has 1 aliphatic rings. The molecule has 0 radical (unpaired) electrons. The number of halogens is 1. The van der Waals surface area contributed by atoms with Crippen molar-refractivity contribution in [3.8, 4) is 5.75 Å². The molecule has 1 aliphatic heterocycles. The first-order chi connectivity index (χ1) is 15.0. The Kier molecular flexibility index (Phi) is 5.33. The Morgan fingerprint density at radius 2 is 1.97 bits per heavy atom. The zero-order chi connectivity index (χ0) is 23.4. The Morgan fingerprint density at radius 3 is 2.62 bits per heavy atom. The highest BCUT2D eigenvalue weighted by Crippen LogP contribution is 2.44. The number of aromatic hydroxyl groups is 1. The molecule has 2 N–H and O–H groups in total. The van der Waals surface area contributed by atoms with Crippen molar-refractivity contribution in [2.75, 3.05) is 18.6 Å². The quantitative estimate of drug-likeness (QED) is 0.612. The van der Waals surface area contributed by atoms with Crippen LogP contribution in [0.3, 0.4) is 0 Å². The van der Waals surface area contributed by atoms with E-state index in [-0.39, 0.29) is 23.2 Å². The van der Waals surface area contributed by atoms with Crippen LogP contribution in [-0.4, -0.2) is 41.7 Å². The van der Waals surface area contributed by atoms with Gasteiger partial charge in [0.15, 0.2) is 0 Å². The van der Waals surface area contributed by atoms with Gasteiger partial charge in [-0.05, 0) is 48.7 Å². The van der Waals surface area contributed by atoms with Crippen molar-refractivity contribution in [1.82, 2.24) is 14.5 Å². The molecule has 2 aromatic carbocycles. The first-order valence-corrected chi connectivity index (χ1v) is 11.3. The lowest BCUT2D eigenvalue weighted by Crippen LogP contribution is -2.48. The van der Waals surface area contributed by atoms with E-state index in [4.69, 9.17) is 4.42 Å². The molecule has 11 heteroatoms. The van der Waals surface area contributed by atoms with Gasteiger partial charge in [0.2, 0.25) is 15.9 Å². The fourth-order valence-corrected chi connectivity index (χ4v) is 6.09. The van der Waals surface area contributed by atoms with Gasteiger partial charge in [-0.3, -0.25) is 0 Å². The number of benzene rings is 2. The Balaban J connectivity index is 1.92. The molecule has 2 atom stereocenters. The van der Waals surface area contributed by atoms with Crippen LogP contribution in [0.1, 0.15) is 41.5 Å². The number of nitrogens with zero attached hydrogens (tertiary/aromatic N) is 3. The highest BCUT2D eigenvalue weighted by atomic mass is 32.2. The summed E-state index contributed by atoms with van der Waals surface area (Å²) in [5, 5.41) is 15.9. The van der Waals surface area contributed by atoms with Crippen molar-refractivity contribution in [3.63, 3.8) is 0 Å². The summed E-state index contributed by atoms with van der Waals surface area (Å²) in [6.45, 7) is 5.14. The minimum Gasteiger partial charge on any atom is -0.508 e. The van der Waals surface area contributed by atoms with Gasteiger partial charge in [0.1, 0.15) is 22.5 Å². The van der Waals surface area contributed by atoms with Crippen LogP contribution >= 0.6 is 0 Å². The van der Waals surface area contributed by atoms with Crippen LogP contribution in [0.4, 0.5) is 10.1 Å². The van der Waals surface area contributed by atoms with Crippen LogP contribution in [0.2, 0.25) is 0 Å².